The maximum absolute atomic E-state index is 5.30. The summed E-state index contributed by atoms with van der Waals surface area (Å²) in [5.74, 6) is 2.08. The molecule has 3 heterocycles. The Bertz CT molecular complexity index is 1120. The Morgan fingerprint density at radius 1 is 1.09 bits per heavy atom. The van der Waals surface area contributed by atoms with Gasteiger partial charge in [0.2, 0.25) is 0 Å². The predicted octanol–water partition coefficient (Wildman–Crippen LogP) is 5.30. The van der Waals surface area contributed by atoms with Gasteiger partial charge >= 0.3 is 0 Å². The second kappa shape index (κ2) is 9.08. The highest BCUT2D eigenvalue weighted by Crippen LogP contribution is 2.34. The lowest BCUT2D eigenvalue weighted by molar-refractivity contribution is 0.134. The zero-order valence-electron chi connectivity index (χ0n) is 19.2. The number of benzene rings is 2. The summed E-state index contributed by atoms with van der Waals surface area (Å²) >= 11 is 1.92. The van der Waals surface area contributed by atoms with Gasteiger partial charge < -0.3 is 9.64 Å². The van der Waals surface area contributed by atoms with E-state index < -0.39 is 0 Å². The van der Waals surface area contributed by atoms with Crippen molar-refractivity contribution >= 4 is 22.9 Å². The summed E-state index contributed by atoms with van der Waals surface area (Å²) in [6.45, 7) is 5.31. The highest BCUT2D eigenvalue weighted by atomic mass is 32.1. The molecule has 2 aliphatic heterocycles. The minimum atomic E-state index is 0.509. The number of methoxy groups -OCH3 is 1. The van der Waals surface area contributed by atoms with E-state index in [2.05, 4.69) is 78.4 Å². The van der Waals surface area contributed by atoms with E-state index in [0.717, 1.165) is 56.2 Å². The Labute approximate surface area is 195 Å². The Morgan fingerprint density at radius 2 is 1.91 bits per heavy atom. The Hall–Kier alpha value is -2.63. The van der Waals surface area contributed by atoms with Gasteiger partial charge in [-0.1, -0.05) is 30.3 Å². The van der Waals surface area contributed by atoms with Gasteiger partial charge in [-0.25, -0.2) is 4.99 Å². The van der Waals surface area contributed by atoms with Crippen LogP contribution in [0.15, 0.2) is 59.6 Å². The normalized spacial score (nSPS) is 18.5. The minimum Gasteiger partial charge on any atom is -0.497 e. The van der Waals surface area contributed by atoms with E-state index in [-0.39, 0.29) is 0 Å². The van der Waals surface area contributed by atoms with Gasteiger partial charge in [-0.05, 0) is 62.2 Å². The van der Waals surface area contributed by atoms with Crippen LogP contribution in [-0.4, -0.2) is 55.5 Å². The van der Waals surface area contributed by atoms with Gasteiger partial charge in [0.25, 0.3) is 0 Å². The van der Waals surface area contributed by atoms with E-state index in [1.165, 1.54) is 26.4 Å². The first-order valence-corrected chi connectivity index (χ1v) is 12.3. The largest absolute Gasteiger partial charge is 0.497 e. The number of hydrogen-bond donors (Lipinski definition) is 0. The Kier molecular flexibility index (Phi) is 6.03. The highest BCUT2D eigenvalue weighted by Gasteiger charge is 2.29. The van der Waals surface area contributed by atoms with E-state index in [4.69, 9.17) is 9.73 Å². The number of ether oxygens (including phenoxy) is 1. The molecule has 3 aromatic rings. The zero-order chi connectivity index (χ0) is 22.1. The maximum atomic E-state index is 5.30. The molecule has 0 aliphatic carbocycles. The van der Waals surface area contributed by atoms with E-state index in [1.807, 2.05) is 11.3 Å². The number of piperazine rings is 1. The third kappa shape index (κ3) is 4.32. The van der Waals surface area contributed by atoms with E-state index in [1.54, 1.807) is 7.11 Å². The van der Waals surface area contributed by atoms with Crippen LogP contribution < -0.4 is 4.74 Å². The van der Waals surface area contributed by atoms with Gasteiger partial charge in [-0.3, -0.25) is 4.90 Å². The fraction of sp³-hybridized carbons (Fsp3) is 0.370. The fourth-order valence-electron chi connectivity index (χ4n) is 4.82. The molecule has 4 nitrogen and oxygen atoms in total. The first-order valence-electron chi connectivity index (χ1n) is 11.4. The average molecular weight is 446 g/mol. The van der Waals surface area contributed by atoms with Gasteiger partial charge in [0.15, 0.2) is 0 Å². The van der Waals surface area contributed by atoms with Crippen molar-refractivity contribution in [2.45, 2.75) is 32.2 Å². The molecule has 2 aliphatic rings. The number of nitrogens with zero attached hydrogens (tertiary/aromatic N) is 3. The molecule has 0 spiro atoms. The molecule has 1 fully saturated rings. The number of aryl methyl sites for hydroxylation is 2. The zero-order valence-corrected chi connectivity index (χ0v) is 20.0. The van der Waals surface area contributed by atoms with Crippen LogP contribution in [0.5, 0.6) is 5.75 Å². The summed E-state index contributed by atoms with van der Waals surface area (Å²) in [6.07, 6.45) is 3.19. The lowest BCUT2D eigenvalue weighted by Crippen LogP contribution is -2.53. The molecule has 0 radical (unpaired) electrons. The smallest absolute Gasteiger partial charge is 0.137 e. The van der Waals surface area contributed by atoms with E-state index in [9.17, 15) is 0 Å². The standard InChI is InChI=1S/C27H31N3OS/c1-19-16-24-26(32-19)17-21-6-4-5-7-25(21)28-27(24)30-15-14-29(2)22(18-30)11-8-20-9-12-23(31-3)13-10-20/h4-7,9-10,12-13,16,22H,8,11,14-15,17-18H2,1-3H3/t22-/m0/s1. The van der Waals surface area contributed by atoms with Crippen LogP contribution in [0.2, 0.25) is 0 Å². The second-order valence-corrected chi connectivity index (χ2v) is 10.2. The van der Waals surface area contributed by atoms with Crippen molar-refractivity contribution in [1.29, 1.82) is 0 Å². The molecular weight excluding hydrogens is 414 g/mol. The number of hydrogen-bond acceptors (Lipinski definition) is 5. The number of amidine groups is 1. The predicted molar refractivity (Wildman–Crippen MR) is 134 cm³/mol. The molecule has 0 bridgehead atoms. The van der Waals surface area contributed by atoms with Crippen molar-refractivity contribution in [3.63, 3.8) is 0 Å². The van der Waals surface area contributed by atoms with Crippen molar-refractivity contribution in [2.24, 2.45) is 4.99 Å². The van der Waals surface area contributed by atoms with Crippen molar-refractivity contribution < 1.29 is 4.74 Å². The molecule has 0 unspecified atom stereocenters. The van der Waals surface area contributed by atoms with Gasteiger partial charge in [-0.2, -0.15) is 0 Å². The van der Waals surface area contributed by atoms with Crippen LogP contribution in [0.4, 0.5) is 5.69 Å². The maximum Gasteiger partial charge on any atom is 0.137 e. The number of aliphatic imine (C=N–C) groups is 1. The van der Waals surface area contributed by atoms with Crippen molar-refractivity contribution in [1.82, 2.24) is 9.80 Å². The van der Waals surface area contributed by atoms with Crippen molar-refractivity contribution in [2.75, 3.05) is 33.8 Å². The SMILES string of the molecule is COc1ccc(CC[C@H]2CN(C3=Nc4ccccc4Cc4sc(C)cc43)CCN2C)cc1. The van der Waals surface area contributed by atoms with Gasteiger partial charge in [0, 0.05) is 47.4 Å². The lowest BCUT2D eigenvalue weighted by atomic mass is 10.0. The molecule has 5 heteroatoms. The fourth-order valence-corrected chi connectivity index (χ4v) is 5.87. The topological polar surface area (TPSA) is 28.1 Å². The monoisotopic (exact) mass is 445 g/mol. The molecule has 1 aromatic heterocycles. The number of thiophene rings is 1. The quantitative estimate of drug-likeness (QED) is 0.546. The average Bonchev–Trinajstić information content (AvgIpc) is 3.10. The first kappa shape index (κ1) is 21.2. The summed E-state index contributed by atoms with van der Waals surface area (Å²) in [7, 11) is 3.98. The molecule has 0 N–H and O–H groups in total. The van der Waals surface area contributed by atoms with Crippen molar-refractivity contribution in [3.8, 4) is 5.75 Å². The molecule has 166 valence electrons. The van der Waals surface area contributed by atoms with E-state index in [0.29, 0.717) is 6.04 Å². The molecule has 0 amide bonds. The minimum absolute atomic E-state index is 0.509. The Morgan fingerprint density at radius 3 is 2.72 bits per heavy atom. The lowest BCUT2D eigenvalue weighted by Gasteiger charge is -2.41. The van der Waals surface area contributed by atoms with Crippen molar-refractivity contribution in [3.05, 3.63) is 81.0 Å². The molecule has 2 aromatic carbocycles. The molecular formula is C27H31N3OS. The summed E-state index contributed by atoms with van der Waals surface area (Å²) in [5.41, 5.74) is 5.16. The van der Waals surface area contributed by atoms with Crippen LogP contribution in [0.25, 0.3) is 0 Å². The molecule has 1 atom stereocenters. The van der Waals surface area contributed by atoms with Crippen LogP contribution in [0, 0.1) is 6.92 Å². The molecule has 5 rings (SSSR count). The third-order valence-corrected chi connectivity index (χ3v) is 7.79. The van der Waals surface area contributed by atoms with Crippen LogP contribution in [0.1, 0.15) is 32.9 Å². The highest BCUT2D eigenvalue weighted by molar-refractivity contribution is 7.12. The number of rotatable bonds is 4. The number of para-hydroxylation sites is 1. The number of likely N-dealkylation sites (N-methyl/N-ethyl adjacent to an activating group) is 1. The van der Waals surface area contributed by atoms with Crippen LogP contribution in [-0.2, 0) is 12.8 Å². The van der Waals surface area contributed by atoms with E-state index >= 15 is 0 Å². The third-order valence-electron chi connectivity index (χ3n) is 6.74. The second-order valence-electron chi connectivity index (χ2n) is 8.90. The molecule has 0 saturated carbocycles. The van der Waals surface area contributed by atoms with Gasteiger partial charge in [-0.15, -0.1) is 11.3 Å². The summed E-state index contributed by atoms with van der Waals surface area (Å²) in [5, 5.41) is 0. The first-order chi connectivity index (χ1) is 15.6. The summed E-state index contributed by atoms with van der Waals surface area (Å²) < 4.78 is 5.30. The number of fused-ring (bicyclic) bond motifs is 2. The molecule has 32 heavy (non-hydrogen) atoms. The summed E-state index contributed by atoms with van der Waals surface area (Å²) in [4.78, 5) is 13.1. The summed E-state index contributed by atoms with van der Waals surface area (Å²) in [6, 6.07) is 20.0. The van der Waals surface area contributed by atoms with Gasteiger partial charge in [0.1, 0.15) is 11.6 Å². The Balaban J connectivity index is 1.38. The van der Waals surface area contributed by atoms with Gasteiger partial charge in [0.05, 0.1) is 12.8 Å². The van der Waals surface area contributed by atoms with Crippen LogP contribution in [0.3, 0.4) is 0 Å². The molecule has 1 saturated heterocycles. The van der Waals surface area contributed by atoms with Crippen LogP contribution >= 0.6 is 11.3 Å².